The van der Waals surface area contributed by atoms with Gasteiger partial charge in [0.25, 0.3) is 0 Å². The second-order valence-corrected chi connectivity index (χ2v) is 5.67. The monoisotopic (exact) mass is 260 g/mol. The van der Waals surface area contributed by atoms with Gasteiger partial charge >= 0.3 is 0 Å². The van der Waals surface area contributed by atoms with Crippen LogP contribution in [0.25, 0.3) is 5.65 Å². The maximum Gasteiger partial charge on any atom is 0.161 e. The second kappa shape index (κ2) is 6.15. The molecule has 0 bridgehead atoms. The minimum atomic E-state index is 0.669. The average molecular weight is 260 g/mol. The minimum absolute atomic E-state index is 0.669. The summed E-state index contributed by atoms with van der Waals surface area (Å²) in [6.45, 7) is 7.38. The van der Waals surface area contributed by atoms with Crippen molar-refractivity contribution in [2.75, 3.05) is 6.54 Å². The van der Waals surface area contributed by atoms with Crippen LogP contribution in [0.1, 0.15) is 38.1 Å². The van der Waals surface area contributed by atoms with Gasteiger partial charge < -0.3 is 5.73 Å². The Balaban J connectivity index is 2.09. The van der Waals surface area contributed by atoms with E-state index >= 15 is 0 Å². The first-order valence-electron chi connectivity index (χ1n) is 7.12. The first kappa shape index (κ1) is 14.0. The largest absolute Gasteiger partial charge is 0.330 e. The maximum atomic E-state index is 5.69. The van der Waals surface area contributed by atoms with Crippen LogP contribution in [0.2, 0.25) is 0 Å². The molecule has 104 valence electrons. The highest BCUT2D eigenvalue weighted by Gasteiger charge is 2.14. The van der Waals surface area contributed by atoms with Crippen LogP contribution in [-0.2, 0) is 6.42 Å². The molecule has 0 aromatic carbocycles. The molecule has 2 N–H and O–H groups in total. The quantitative estimate of drug-likeness (QED) is 0.868. The van der Waals surface area contributed by atoms with E-state index in [1.165, 1.54) is 5.56 Å². The van der Waals surface area contributed by atoms with Gasteiger partial charge in [-0.3, -0.25) is 4.40 Å². The number of nitrogens with zero attached hydrogens (tertiary/aromatic N) is 3. The van der Waals surface area contributed by atoms with Crippen molar-refractivity contribution in [1.29, 1.82) is 0 Å². The molecule has 0 aliphatic heterocycles. The number of nitrogens with two attached hydrogens (primary N) is 1. The Labute approximate surface area is 115 Å². The third-order valence-electron chi connectivity index (χ3n) is 3.86. The topological polar surface area (TPSA) is 56.2 Å². The van der Waals surface area contributed by atoms with Crippen LogP contribution in [-0.4, -0.2) is 21.1 Å². The lowest BCUT2D eigenvalue weighted by atomic mass is 9.88. The van der Waals surface area contributed by atoms with Crippen molar-refractivity contribution in [3.8, 4) is 0 Å². The highest BCUT2D eigenvalue weighted by Crippen LogP contribution is 2.21. The summed E-state index contributed by atoms with van der Waals surface area (Å²) in [5, 5.41) is 8.55. The first-order chi connectivity index (χ1) is 9.11. The van der Waals surface area contributed by atoms with Gasteiger partial charge in [0, 0.05) is 12.6 Å². The maximum absolute atomic E-state index is 5.69. The Bertz CT molecular complexity index is 530. The highest BCUT2D eigenvalue weighted by molar-refractivity contribution is 5.40. The molecule has 0 amide bonds. The normalized spacial score (nSPS) is 13.3. The number of rotatable bonds is 6. The predicted octanol–water partition coefficient (Wildman–Crippen LogP) is 2.59. The van der Waals surface area contributed by atoms with E-state index in [0.29, 0.717) is 11.8 Å². The summed E-state index contributed by atoms with van der Waals surface area (Å²) in [7, 11) is 0. The van der Waals surface area contributed by atoms with Crippen molar-refractivity contribution in [2.24, 2.45) is 17.6 Å². The molecule has 0 fully saturated rings. The van der Waals surface area contributed by atoms with Crippen LogP contribution in [0.3, 0.4) is 0 Å². The molecule has 0 aliphatic rings. The van der Waals surface area contributed by atoms with E-state index in [4.69, 9.17) is 5.73 Å². The van der Waals surface area contributed by atoms with Crippen LogP contribution in [0.15, 0.2) is 18.3 Å². The summed E-state index contributed by atoms with van der Waals surface area (Å²) in [4.78, 5) is 0. The Kier molecular flexibility index (Phi) is 4.53. The first-order valence-corrected chi connectivity index (χ1v) is 7.12. The van der Waals surface area contributed by atoms with Gasteiger partial charge in [-0.25, -0.2) is 0 Å². The molecule has 1 atom stereocenters. The van der Waals surface area contributed by atoms with E-state index in [0.717, 1.165) is 37.3 Å². The molecule has 0 saturated heterocycles. The zero-order valence-electron chi connectivity index (χ0n) is 12.1. The molecule has 0 saturated carbocycles. The third kappa shape index (κ3) is 3.32. The summed E-state index contributed by atoms with van der Waals surface area (Å²) in [5.41, 5.74) is 7.85. The molecular weight excluding hydrogens is 236 g/mol. The number of aromatic nitrogens is 3. The van der Waals surface area contributed by atoms with Crippen molar-refractivity contribution in [3.05, 3.63) is 29.7 Å². The van der Waals surface area contributed by atoms with Gasteiger partial charge in [-0.15, -0.1) is 10.2 Å². The molecule has 4 nitrogen and oxygen atoms in total. The summed E-state index contributed by atoms with van der Waals surface area (Å²) < 4.78 is 2.09. The van der Waals surface area contributed by atoms with Crippen molar-refractivity contribution in [1.82, 2.24) is 14.6 Å². The lowest BCUT2D eigenvalue weighted by Gasteiger charge is -2.19. The fraction of sp³-hybridized carbons (Fsp3) is 0.600. The van der Waals surface area contributed by atoms with Crippen LogP contribution in [0.4, 0.5) is 0 Å². The molecule has 2 rings (SSSR count). The van der Waals surface area contributed by atoms with Gasteiger partial charge in [-0.1, -0.05) is 13.8 Å². The van der Waals surface area contributed by atoms with Crippen LogP contribution in [0, 0.1) is 18.8 Å². The zero-order chi connectivity index (χ0) is 13.8. The van der Waals surface area contributed by atoms with Gasteiger partial charge in [0.05, 0.1) is 0 Å². The molecule has 19 heavy (non-hydrogen) atoms. The number of hydrogen-bond acceptors (Lipinski definition) is 3. The van der Waals surface area contributed by atoms with E-state index in [1.54, 1.807) is 0 Å². The fourth-order valence-corrected chi connectivity index (χ4v) is 2.55. The molecule has 0 aliphatic carbocycles. The Morgan fingerprint density at radius 3 is 2.74 bits per heavy atom. The van der Waals surface area contributed by atoms with E-state index in [9.17, 15) is 0 Å². The van der Waals surface area contributed by atoms with E-state index in [2.05, 4.69) is 53.7 Å². The van der Waals surface area contributed by atoms with Crippen LogP contribution in [0.5, 0.6) is 0 Å². The Hall–Kier alpha value is -1.42. The van der Waals surface area contributed by atoms with E-state index < -0.39 is 0 Å². The SMILES string of the molecule is Cc1ccn2c(CCC(CCN)C(C)C)nnc2c1. The summed E-state index contributed by atoms with van der Waals surface area (Å²) in [5.74, 6) is 2.39. The minimum Gasteiger partial charge on any atom is -0.330 e. The molecule has 1 unspecified atom stereocenters. The lowest BCUT2D eigenvalue weighted by molar-refractivity contribution is 0.339. The number of pyridine rings is 1. The Morgan fingerprint density at radius 2 is 2.05 bits per heavy atom. The third-order valence-corrected chi connectivity index (χ3v) is 3.86. The van der Waals surface area contributed by atoms with Crippen LogP contribution < -0.4 is 5.73 Å². The van der Waals surface area contributed by atoms with Gasteiger partial charge in [0.2, 0.25) is 0 Å². The van der Waals surface area contributed by atoms with E-state index in [-0.39, 0.29) is 0 Å². The van der Waals surface area contributed by atoms with Gasteiger partial charge in [-0.2, -0.15) is 0 Å². The number of aryl methyl sites for hydroxylation is 2. The van der Waals surface area contributed by atoms with Gasteiger partial charge in [0.15, 0.2) is 5.65 Å². The van der Waals surface area contributed by atoms with Crippen molar-refractivity contribution < 1.29 is 0 Å². The molecule has 0 spiro atoms. The number of hydrogen-bond donors (Lipinski definition) is 1. The smallest absolute Gasteiger partial charge is 0.161 e. The average Bonchev–Trinajstić information content (AvgIpc) is 2.76. The zero-order valence-corrected chi connectivity index (χ0v) is 12.1. The predicted molar refractivity (Wildman–Crippen MR) is 78.0 cm³/mol. The number of fused-ring (bicyclic) bond motifs is 1. The van der Waals surface area contributed by atoms with Crippen molar-refractivity contribution in [2.45, 2.75) is 40.0 Å². The Morgan fingerprint density at radius 1 is 1.26 bits per heavy atom. The van der Waals surface area contributed by atoms with Crippen molar-refractivity contribution in [3.63, 3.8) is 0 Å². The highest BCUT2D eigenvalue weighted by atomic mass is 15.2. The molecule has 2 aromatic rings. The van der Waals surface area contributed by atoms with E-state index in [1.807, 2.05) is 0 Å². The summed E-state index contributed by atoms with van der Waals surface area (Å²) in [6.07, 6.45) is 5.25. The fourth-order valence-electron chi connectivity index (χ4n) is 2.55. The van der Waals surface area contributed by atoms with Crippen molar-refractivity contribution >= 4 is 5.65 Å². The molecule has 4 heteroatoms. The standard InChI is InChI=1S/C15H24N4/c1-11(2)13(6-8-16)4-5-14-17-18-15-10-12(3)7-9-19(14)15/h7,9-11,13H,4-6,8,16H2,1-3H3. The van der Waals surface area contributed by atoms with Gasteiger partial charge in [0.1, 0.15) is 5.82 Å². The molecular formula is C15H24N4. The molecule has 2 aromatic heterocycles. The molecule has 0 radical (unpaired) electrons. The summed E-state index contributed by atoms with van der Waals surface area (Å²) in [6, 6.07) is 4.16. The van der Waals surface area contributed by atoms with Gasteiger partial charge in [-0.05, 0) is 55.8 Å². The summed E-state index contributed by atoms with van der Waals surface area (Å²) >= 11 is 0. The second-order valence-electron chi connectivity index (χ2n) is 5.67. The molecule has 2 heterocycles. The van der Waals surface area contributed by atoms with Crippen LogP contribution >= 0.6 is 0 Å². The lowest BCUT2D eigenvalue weighted by Crippen LogP contribution is -2.15.